The molecule has 90 heavy (non-hydrogen) atoms. The van der Waals surface area contributed by atoms with E-state index in [-0.39, 0.29) is 88.9 Å². The van der Waals surface area contributed by atoms with Crippen LogP contribution in [0.25, 0.3) is 0 Å². The van der Waals surface area contributed by atoms with Gasteiger partial charge in [-0.3, -0.25) is 19.3 Å². The Morgan fingerprint density at radius 2 is 1.22 bits per heavy atom. The molecular formula is C64H98BCl4HgN8NaO11. The number of aliphatic hydroxyl groups excluding tert-OH is 1. The maximum absolute atomic E-state index is 12.3. The fourth-order valence-electron chi connectivity index (χ4n) is 13.7. The number of aliphatic hydroxyl groups is 1. The Morgan fingerprint density at radius 3 is 1.66 bits per heavy atom. The first-order valence-corrected chi connectivity index (χ1v) is 42.6. The summed E-state index contributed by atoms with van der Waals surface area (Å²) in [5.41, 5.74) is -0.590. The van der Waals surface area contributed by atoms with E-state index in [1.54, 1.807) is 46.5 Å². The molecule has 494 valence electrons. The number of carbonyl (C=O) groups is 6. The number of hydrogen-bond acceptors (Lipinski definition) is 13. The van der Waals surface area contributed by atoms with Crippen LogP contribution in [-0.2, 0) is 56.8 Å². The standard InChI is InChI=1S/C14H23NO4.C11H17ClN2O.C11H16N2O.C9H15NO2.C8H14NO.C6H10.C3H2ClN.C2HBO2.2ClH.Hg.Na/c1-14(2,3)19-13(18)15-10-7-5-4-6-9(10)8-11(15)12(16)17;1-8(15)14-11-5-3-2-4-9(11)6-10(12)7-13;1-8(14)13-10(7-12)6-9-4-2-3-5-11(9)13;11-9(12)8-5-6-3-1-2-4-7(6)10-8;1-7(10)9-8-5-3-2-4-6-8;1-2-4-6-5-3-1;1-3(4)2-5;4-2-1-3-5;;;;/h9-11H,4-8H2,1-3H3,(H,16,17);9-11H,2-6H2,1H3,(H,14,15);9-11H,2-6H2,1H3;6-8,10H,1-5H2,(H,11,12);5,8H,2-4,6H2,1H3,(H,9,10);1-2H,3-6H2;1H2;4H;2*1H;;/q;;;;;;;;;;2*+1/p-2. The molecule has 0 aromatic rings. The van der Waals surface area contributed by atoms with Crippen molar-refractivity contribution in [2.24, 2.45) is 23.7 Å². The van der Waals surface area contributed by atoms with Gasteiger partial charge in [-0.15, -0.1) is 11.6 Å². The molecule has 6 N–H and O–H groups in total. The van der Waals surface area contributed by atoms with Gasteiger partial charge in [-0.25, -0.2) is 9.59 Å². The van der Waals surface area contributed by atoms with E-state index in [1.165, 1.54) is 114 Å². The van der Waals surface area contributed by atoms with Gasteiger partial charge in [0.2, 0.25) is 11.8 Å². The van der Waals surface area contributed by atoms with E-state index in [0.29, 0.717) is 65.2 Å². The second-order valence-corrected chi connectivity index (χ2v) is 34.3. The van der Waals surface area contributed by atoms with Gasteiger partial charge in [0.05, 0.1) is 12.1 Å². The molecule has 9 rings (SSSR count). The number of alkyl halides is 1. The van der Waals surface area contributed by atoms with Gasteiger partial charge in [0.15, 0.2) is 0 Å². The molecule has 14 atom stereocenters. The third-order valence-corrected chi connectivity index (χ3v) is 26.8. The molecule has 8 fully saturated rings. The number of likely N-dealkylation sites (tertiary alicyclic amines) is 2. The van der Waals surface area contributed by atoms with Crippen LogP contribution in [0.15, 0.2) is 23.8 Å². The number of carboxylic acids is 2. The summed E-state index contributed by atoms with van der Waals surface area (Å²) in [4.78, 5) is 70.9. The van der Waals surface area contributed by atoms with Gasteiger partial charge in [0.1, 0.15) is 40.2 Å². The monoisotopic (exact) mass is 1530 g/mol. The summed E-state index contributed by atoms with van der Waals surface area (Å²) >= 11 is 9.59. The Labute approximate surface area is 591 Å². The van der Waals surface area contributed by atoms with Gasteiger partial charge in [0.25, 0.3) is 0 Å². The largest absolute Gasteiger partial charge is 1.00 e. The number of nitriles is 3. The molecule has 14 unspecified atom stereocenters. The number of halogens is 4. The van der Waals surface area contributed by atoms with Gasteiger partial charge in [-0.05, 0) is 147 Å². The van der Waals surface area contributed by atoms with Crippen molar-refractivity contribution < 1.29 is 119 Å². The molecule has 26 heteroatoms. The molecule has 5 saturated carbocycles. The van der Waals surface area contributed by atoms with Crippen molar-refractivity contribution in [1.29, 1.82) is 15.8 Å². The number of carboxylic acid groups (broad SMARTS) is 2. The van der Waals surface area contributed by atoms with E-state index in [9.17, 15) is 33.9 Å². The maximum atomic E-state index is 12.3. The predicted molar refractivity (Wildman–Crippen MR) is 337 cm³/mol. The van der Waals surface area contributed by atoms with Crippen LogP contribution < -0.4 is 57.9 Å². The average molecular weight is 1530 g/mol. The number of carbonyl (C=O) groups excluding carboxylic acids is 4. The molecule has 0 bridgehead atoms. The van der Waals surface area contributed by atoms with Crippen molar-refractivity contribution in [1.82, 2.24) is 25.8 Å². The first kappa shape index (κ1) is 86.9. The molecule has 9 aliphatic rings. The van der Waals surface area contributed by atoms with Crippen molar-refractivity contribution in [3.05, 3.63) is 23.8 Å². The first-order chi connectivity index (χ1) is 41.9. The summed E-state index contributed by atoms with van der Waals surface area (Å²) < 4.78 is 15.2. The van der Waals surface area contributed by atoms with Crippen LogP contribution in [0.1, 0.15) is 221 Å². The minimum absolute atomic E-state index is 0. The number of amides is 4. The number of nitrogens with one attached hydrogen (secondary N) is 3. The summed E-state index contributed by atoms with van der Waals surface area (Å²) in [6, 6.07) is 6.31. The van der Waals surface area contributed by atoms with E-state index in [2.05, 4.69) is 40.8 Å². The molecule has 6 aliphatic carbocycles. The maximum Gasteiger partial charge on any atom is 1.00 e. The molecular weight excluding hydrogens is 1430 g/mol. The Balaban J connectivity index is 0.00000104. The fraction of sp³-hybridized carbons (Fsp3) is 0.766. The number of fused-ring (bicyclic) bond motifs is 3. The number of nitrogens with zero attached hydrogens (tertiary/aromatic N) is 5. The van der Waals surface area contributed by atoms with E-state index < -0.39 is 58.4 Å². The predicted octanol–water partition coefficient (Wildman–Crippen LogP) is 6.33. The third-order valence-electron chi connectivity index (χ3n) is 17.6. The molecule has 0 aromatic carbocycles. The van der Waals surface area contributed by atoms with Gasteiger partial charge in [-0.1, -0.05) is 81.7 Å². The third kappa shape index (κ3) is 33.8. The van der Waals surface area contributed by atoms with Crippen molar-refractivity contribution in [2.45, 2.75) is 284 Å². The summed E-state index contributed by atoms with van der Waals surface area (Å²) in [7, 11) is 6.35. The zero-order valence-electron chi connectivity index (χ0n) is 54.4. The number of ether oxygens (including phenoxy) is 1. The van der Waals surface area contributed by atoms with Gasteiger partial charge in [-0.2, -0.15) is 15.8 Å². The van der Waals surface area contributed by atoms with Crippen LogP contribution in [0.5, 0.6) is 0 Å². The molecule has 0 radical (unpaired) electrons. The van der Waals surface area contributed by atoms with Crippen LogP contribution >= 0.6 is 31.5 Å². The van der Waals surface area contributed by atoms with E-state index in [1.807, 2.05) is 11.0 Å². The zero-order chi connectivity index (χ0) is 65.8. The summed E-state index contributed by atoms with van der Waals surface area (Å²) in [6.45, 7) is 13.2. The molecule has 19 nitrogen and oxygen atoms in total. The number of aliphatic carboxylic acids is 2. The van der Waals surface area contributed by atoms with Crippen LogP contribution in [-0.4, -0.2) is 127 Å². The van der Waals surface area contributed by atoms with Crippen LogP contribution in [0.2, 0.25) is 3.43 Å². The van der Waals surface area contributed by atoms with E-state index in [0.717, 1.165) is 70.6 Å². The normalized spacial score (nSPS) is 28.0. The summed E-state index contributed by atoms with van der Waals surface area (Å²) in [5, 5.41) is 59.7. The van der Waals surface area contributed by atoms with Crippen molar-refractivity contribution in [2.75, 3.05) is 0 Å². The molecule has 0 spiro atoms. The Morgan fingerprint density at radius 1 is 0.733 bits per heavy atom. The van der Waals surface area contributed by atoms with E-state index >= 15 is 0 Å². The first-order valence-electron chi connectivity index (χ1n) is 31.9. The second kappa shape index (κ2) is 48.5. The van der Waals surface area contributed by atoms with Crippen molar-refractivity contribution in [3.8, 4) is 30.1 Å². The quantitative estimate of drug-likeness (QED) is 0.0534. The van der Waals surface area contributed by atoms with Gasteiger partial charge in [0, 0.05) is 38.0 Å². The number of rotatable bonds is 7. The van der Waals surface area contributed by atoms with Crippen LogP contribution in [0.3, 0.4) is 0 Å². The summed E-state index contributed by atoms with van der Waals surface area (Å²) in [5.74, 6) is 2.25. The topological polar surface area (TPSA) is 303 Å². The Bertz CT molecular complexity index is 2430. The van der Waals surface area contributed by atoms with Gasteiger partial charge >= 0.3 is 166 Å². The van der Waals surface area contributed by atoms with Gasteiger partial charge < -0.3 is 42.9 Å². The molecule has 0 aromatic heterocycles. The summed E-state index contributed by atoms with van der Waals surface area (Å²) in [6.07, 6.45) is 37.2. The second-order valence-electron chi connectivity index (χ2n) is 25.3. The molecule has 4 amide bonds. The SMILES string of the molecule is C1=CCCCC1.C=C(Cl)C#N.CC(=O)N1C(C#N)CC2CCCCC21.CC(=O)NC1CCCCC1CC(Cl)C#N.CC(=O)NC1CCCC[CH]1[Hg][Cl].CC(C)(C)OC(=O)N1C(C(=O)O)CC2CCCCC21.O=BC#CO.O=C(O)C1CC2CCCCC2N1.[Cl-].[Na+]. The molecule has 3 aliphatic heterocycles. The minimum Gasteiger partial charge on any atom is -1.00 e. The smallest absolute Gasteiger partial charge is 1.00 e. The zero-order valence-corrected chi connectivity index (χ0v) is 64.9. The van der Waals surface area contributed by atoms with Crippen molar-refractivity contribution >= 4 is 74.4 Å². The number of hydrogen-bond donors (Lipinski definition) is 6. The van der Waals surface area contributed by atoms with E-state index in [4.69, 9.17) is 66.9 Å². The number of allylic oxidation sites excluding steroid dienone is 3. The Hall–Kier alpha value is -3.15. The molecule has 3 heterocycles. The van der Waals surface area contributed by atoms with Crippen LogP contribution in [0, 0.1) is 69.6 Å². The molecule has 3 saturated heterocycles. The minimum atomic E-state index is -1.15. The fourth-order valence-corrected chi connectivity index (χ4v) is 21.1. The van der Waals surface area contributed by atoms with Crippen molar-refractivity contribution in [3.63, 3.8) is 0 Å². The average Bonchev–Trinajstić information content (AvgIpc) is 1.85. The Kier molecular flexibility index (Phi) is 46.8. The van der Waals surface area contributed by atoms with Crippen LogP contribution in [0.4, 0.5) is 4.79 Å².